The van der Waals surface area contributed by atoms with Crippen LogP contribution in [0.2, 0.25) is 5.02 Å². The molecule has 0 atom stereocenters. The number of nitrogens with zero attached hydrogens (tertiary/aromatic N) is 1. The standard InChI is InChI=1S/C23H19ClFNO4S2/c1-14-18(19-11-15(24)3-8-20(19)26(14)13-23(27)30-2)12-21-22(9-10-31-21)32(28,29)17-6-4-16(25)5-7-17/h3-11H,12-13H2,1-2H3. The number of sulfone groups is 1. The average Bonchev–Trinajstić information content (AvgIpc) is 3.33. The highest BCUT2D eigenvalue weighted by molar-refractivity contribution is 7.91. The van der Waals surface area contributed by atoms with Gasteiger partial charge < -0.3 is 9.30 Å². The van der Waals surface area contributed by atoms with Crippen LogP contribution in [0.4, 0.5) is 4.39 Å². The van der Waals surface area contributed by atoms with Crippen molar-refractivity contribution in [2.24, 2.45) is 0 Å². The Morgan fingerprint density at radius 3 is 2.56 bits per heavy atom. The number of hydrogen-bond donors (Lipinski definition) is 0. The number of carbonyl (C=O) groups is 1. The number of hydrogen-bond acceptors (Lipinski definition) is 5. The maximum absolute atomic E-state index is 13.3. The number of benzene rings is 2. The molecule has 0 bridgehead atoms. The minimum atomic E-state index is -3.82. The number of carbonyl (C=O) groups excluding carboxylic acids is 1. The predicted octanol–water partition coefficient (Wildman–Crippen LogP) is 5.40. The number of aromatic nitrogens is 1. The molecule has 0 radical (unpaired) electrons. The summed E-state index contributed by atoms with van der Waals surface area (Å²) < 4.78 is 46.4. The van der Waals surface area contributed by atoms with Gasteiger partial charge in [0.25, 0.3) is 0 Å². The van der Waals surface area contributed by atoms with Crippen LogP contribution in [0.25, 0.3) is 10.9 Å². The quantitative estimate of drug-likeness (QED) is 0.267. The molecule has 0 aliphatic heterocycles. The monoisotopic (exact) mass is 491 g/mol. The van der Waals surface area contributed by atoms with E-state index in [0.29, 0.717) is 16.3 Å². The zero-order chi connectivity index (χ0) is 23.0. The first-order valence-corrected chi connectivity index (χ1v) is 12.4. The van der Waals surface area contributed by atoms with E-state index in [1.807, 2.05) is 23.6 Å². The van der Waals surface area contributed by atoms with Crippen LogP contribution in [0.3, 0.4) is 0 Å². The van der Waals surface area contributed by atoms with Crippen LogP contribution >= 0.6 is 22.9 Å². The maximum atomic E-state index is 13.3. The summed E-state index contributed by atoms with van der Waals surface area (Å²) in [4.78, 5) is 12.8. The van der Waals surface area contributed by atoms with Gasteiger partial charge in [0.1, 0.15) is 12.4 Å². The normalized spacial score (nSPS) is 11.8. The van der Waals surface area contributed by atoms with Gasteiger partial charge in [0.15, 0.2) is 0 Å². The van der Waals surface area contributed by atoms with E-state index in [2.05, 4.69) is 0 Å². The van der Waals surface area contributed by atoms with Gasteiger partial charge in [-0.25, -0.2) is 12.8 Å². The van der Waals surface area contributed by atoms with Gasteiger partial charge in [0, 0.05) is 32.9 Å². The second kappa shape index (κ2) is 8.69. The molecule has 0 fully saturated rings. The fourth-order valence-corrected chi connectivity index (χ4v) is 6.62. The van der Waals surface area contributed by atoms with Gasteiger partial charge in [-0.15, -0.1) is 11.3 Å². The first-order chi connectivity index (χ1) is 15.2. The summed E-state index contributed by atoms with van der Waals surface area (Å²) >= 11 is 7.57. The first kappa shape index (κ1) is 22.5. The fourth-order valence-electron chi connectivity index (χ4n) is 3.74. The Balaban J connectivity index is 1.81. The van der Waals surface area contributed by atoms with Crippen molar-refractivity contribution in [2.75, 3.05) is 7.11 Å². The van der Waals surface area contributed by atoms with Crippen LogP contribution < -0.4 is 0 Å². The van der Waals surface area contributed by atoms with E-state index in [4.69, 9.17) is 16.3 Å². The van der Waals surface area contributed by atoms with Crippen LogP contribution in [-0.2, 0) is 32.3 Å². The molecule has 0 aliphatic carbocycles. The van der Waals surface area contributed by atoms with Crippen molar-refractivity contribution in [3.63, 3.8) is 0 Å². The lowest BCUT2D eigenvalue weighted by molar-refractivity contribution is -0.141. The van der Waals surface area contributed by atoms with E-state index >= 15 is 0 Å². The molecule has 0 aliphatic rings. The topological polar surface area (TPSA) is 65.4 Å². The summed E-state index contributed by atoms with van der Waals surface area (Å²) in [5, 5.41) is 3.11. The Kier molecular flexibility index (Phi) is 6.11. The van der Waals surface area contributed by atoms with Gasteiger partial charge in [-0.1, -0.05) is 11.6 Å². The van der Waals surface area contributed by atoms with Crippen LogP contribution in [0.5, 0.6) is 0 Å². The number of halogens is 2. The SMILES string of the molecule is COC(=O)Cn1c(C)c(Cc2sccc2S(=O)(=O)c2ccc(F)cc2)c2cc(Cl)ccc21. The molecule has 0 saturated carbocycles. The Bertz CT molecular complexity index is 1420. The van der Waals surface area contributed by atoms with Crippen molar-refractivity contribution in [1.82, 2.24) is 4.57 Å². The largest absolute Gasteiger partial charge is 0.468 e. The van der Waals surface area contributed by atoms with Crippen molar-refractivity contribution < 1.29 is 22.3 Å². The summed E-state index contributed by atoms with van der Waals surface area (Å²) in [5.41, 5.74) is 2.52. The van der Waals surface area contributed by atoms with E-state index in [1.165, 1.54) is 30.6 Å². The molecule has 0 N–H and O–H groups in total. The van der Waals surface area contributed by atoms with Gasteiger partial charge in [-0.05, 0) is 66.4 Å². The molecular formula is C23H19ClFNO4S2. The Morgan fingerprint density at radius 1 is 1.16 bits per heavy atom. The van der Waals surface area contributed by atoms with Gasteiger partial charge in [-0.3, -0.25) is 4.79 Å². The van der Waals surface area contributed by atoms with Crippen molar-refractivity contribution in [1.29, 1.82) is 0 Å². The van der Waals surface area contributed by atoms with Crippen molar-refractivity contribution >= 4 is 49.6 Å². The lowest BCUT2D eigenvalue weighted by Gasteiger charge is -2.08. The van der Waals surface area contributed by atoms with Crippen LogP contribution in [0.15, 0.2) is 63.7 Å². The van der Waals surface area contributed by atoms with E-state index in [1.54, 1.807) is 17.5 Å². The highest BCUT2D eigenvalue weighted by atomic mass is 35.5. The Hall–Kier alpha value is -2.68. The zero-order valence-corrected chi connectivity index (χ0v) is 19.7. The number of esters is 1. The van der Waals surface area contributed by atoms with Gasteiger partial charge in [0.05, 0.1) is 16.9 Å². The summed E-state index contributed by atoms with van der Waals surface area (Å²) in [6.45, 7) is 1.92. The highest BCUT2D eigenvalue weighted by Crippen LogP contribution is 2.35. The predicted molar refractivity (Wildman–Crippen MR) is 123 cm³/mol. The molecular weight excluding hydrogens is 473 g/mol. The first-order valence-electron chi connectivity index (χ1n) is 9.63. The van der Waals surface area contributed by atoms with Crippen molar-refractivity contribution in [3.8, 4) is 0 Å². The molecule has 0 amide bonds. The van der Waals surface area contributed by atoms with Crippen molar-refractivity contribution in [2.45, 2.75) is 29.7 Å². The number of ether oxygens (including phenoxy) is 1. The summed E-state index contributed by atoms with van der Waals surface area (Å²) in [6.07, 6.45) is 0.338. The minimum Gasteiger partial charge on any atom is -0.468 e. The molecule has 2 heterocycles. The lowest BCUT2D eigenvalue weighted by Crippen LogP contribution is -2.12. The van der Waals surface area contributed by atoms with E-state index in [0.717, 1.165) is 34.3 Å². The molecule has 32 heavy (non-hydrogen) atoms. The molecule has 9 heteroatoms. The summed E-state index contributed by atoms with van der Waals surface area (Å²) in [6, 6.07) is 11.7. The molecule has 4 aromatic rings. The van der Waals surface area contributed by atoms with Crippen LogP contribution in [0.1, 0.15) is 16.1 Å². The van der Waals surface area contributed by atoms with E-state index in [-0.39, 0.29) is 22.3 Å². The Morgan fingerprint density at radius 2 is 1.88 bits per heavy atom. The molecule has 4 rings (SSSR count). The van der Waals surface area contributed by atoms with Gasteiger partial charge in [-0.2, -0.15) is 0 Å². The number of fused-ring (bicyclic) bond motifs is 1. The van der Waals surface area contributed by atoms with Gasteiger partial charge in [0.2, 0.25) is 9.84 Å². The molecule has 0 spiro atoms. The smallest absolute Gasteiger partial charge is 0.325 e. The second-order valence-electron chi connectivity index (χ2n) is 7.23. The second-order valence-corrected chi connectivity index (χ2v) is 10.6. The fraction of sp³-hybridized carbons (Fsp3) is 0.174. The molecule has 5 nitrogen and oxygen atoms in total. The van der Waals surface area contributed by atoms with Crippen LogP contribution in [-0.4, -0.2) is 26.1 Å². The number of thiophene rings is 1. The summed E-state index contributed by atoms with van der Waals surface area (Å²) in [7, 11) is -2.48. The summed E-state index contributed by atoms with van der Waals surface area (Å²) in [5.74, 6) is -0.886. The third kappa shape index (κ3) is 4.05. The van der Waals surface area contributed by atoms with Crippen molar-refractivity contribution in [3.05, 3.63) is 80.9 Å². The number of methoxy groups -OCH3 is 1. The Labute approximate surface area is 193 Å². The third-order valence-electron chi connectivity index (χ3n) is 5.39. The maximum Gasteiger partial charge on any atom is 0.325 e. The molecule has 0 saturated heterocycles. The molecule has 2 aromatic carbocycles. The molecule has 2 aromatic heterocycles. The third-order valence-corrected chi connectivity index (χ3v) is 8.53. The molecule has 166 valence electrons. The van der Waals surface area contributed by atoms with E-state index in [9.17, 15) is 17.6 Å². The molecule has 0 unspecified atom stereocenters. The minimum absolute atomic E-state index is 0.0334. The van der Waals surface area contributed by atoms with E-state index < -0.39 is 15.7 Å². The number of rotatable bonds is 6. The average molecular weight is 492 g/mol. The highest BCUT2D eigenvalue weighted by Gasteiger charge is 2.25. The zero-order valence-electron chi connectivity index (χ0n) is 17.3. The lowest BCUT2D eigenvalue weighted by atomic mass is 10.1. The van der Waals surface area contributed by atoms with Gasteiger partial charge >= 0.3 is 5.97 Å². The van der Waals surface area contributed by atoms with Crippen LogP contribution in [0, 0.1) is 12.7 Å².